The lowest BCUT2D eigenvalue weighted by Gasteiger charge is -2.22. The standard InChI is InChI=1S/C19H23F3N4O2.HI/c1-23-18(26(2)10-11-27-16-6-4-3-5-7-16)25-13-15-8-9-17(24-12-15)28-14-19(20,21)22;/h3-9,12H,10-11,13-14H2,1-2H3,(H,23,25);1H. The number of guanidine groups is 1. The van der Waals surface area contributed by atoms with Gasteiger partial charge in [-0.3, -0.25) is 4.99 Å². The number of hydrogen-bond donors (Lipinski definition) is 1. The van der Waals surface area contributed by atoms with Crippen molar-refractivity contribution in [2.24, 2.45) is 4.99 Å². The van der Waals surface area contributed by atoms with Crippen molar-refractivity contribution in [2.75, 3.05) is 33.9 Å². The Kier molecular flexibility index (Phi) is 10.6. The number of aliphatic imine (C=N–C) groups is 1. The summed E-state index contributed by atoms with van der Waals surface area (Å²) >= 11 is 0. The second-order valence-electron chi connectivity index (χ2n) is 5.89. The Morgan fingerprint density at radius 1 is 1.14 bits per heavy atom. The van der Waals surface area contributed by atoms with Crippen LogP contribution in [0.3, 0.4) is 0 Å². The molecule has 0 saturated heterocycles. The highest BCUT2D eigenvalue weighted by atomic mass is 127. The van der Waals surface area contributed by atoms with E-state index in [9.17, 15) is 13.2 Å². The highest BCUT2D eigenvalue weighted by Crippen LogP contribution is 2.17. The molecule has 2 aromatic rings. The predicted octanol–water partition coefficient (Wildman–Crippen LogP) is 3.73. The Morgan fingerprint density at radius 2 is 1.86 bits per heavy atom. The maximum absolute atomic E-state index is 12.1. The first-order chi connectivity index (χ1) is 13.4. The van der Waals surface area contributed by atoms with E-state index < -0.39 is 12.8 Å². The van der Waals surface area contributed by atoms with Gasteiger partial charge >= 0.3 is 6.18 Å². The molecule has 1 N–H and O–H groups in total. The van der Waals surface area contributed by atoms with Crippen LogP contribution >= 0.6 is 24.0 Å². The summed E-state index contributed by atoms with van der Waals surface area (Å²) in [4.78, 5) is 10.0. The van der Waals surface area contributed by atoms with Crippen LogP contribution in [0, 0.1) is 0 Å². The average Bonchev–Trinajstić information content (AvgIpc) is 2.68. The number of para-hydroxylation sites is 1. The first-order valence-electron chi connectivity index (χ1n) is 8.61. The minimum absolute atomic E-state index is 0. The Labute approximate surface area is 185 Å². The van der Waals surface area contributed by atoms with E-state index in [4.69, 9.17) is 4.74 Å². The highest BCUT2D eigenvalue weighted by Gasteiger charge is 2.28. The van der Waals surface area contributed by atoms with Crippen molar-refractivity contribution in [2.45, 2.75) is 12.7 Å². The van der Waals surface area contributed by atoms with Crippen molar-refractivity contribution >= 4 is 29.9 Å². The molecule has 0 amide bonds. The molecule has 0 bridgehead atoms. The second kappa shape index (κ2) is 12.3. The molecular weight excluding hydrogens is 500 g/mol. The van der Waals surface area contributed by atoms with E-state index in [1.54, 1.807) is 13.1 Å². The number of nitrogens with one attached hydrogen (secondary N) is 1. The SMILES string of the molecule is CN=C(NCc1ccc(OCC(F)(F)F)nc1)N(C)CCOc1ccccc1.I. The van der Waals surface area contributed by atoms with Crippen molar-refractivity contribution in [3.05, 3.63) is 54.2 Å². The number of pyridine rings is 1. The lowest BCUT2D eigenvalue weighted by molar-refractivity contribution is -0.154. The molecular formula is C19H24F3IN4O2. The molecule has 6 nitrogen and oxygen atoms in total. The minimum atomic E-state index is -4.39. The van der Waals surface area contributed by atoms with Crippen LogP contribution in [0.2, 0.25) is 0 Å². The Hall–Kier alpha value is -2.24. The van der Waals surface area contributed by atoms with Gasteiger partial charge < -0.3 is 19.7 Å². The molecule has 2 rings (SSSR count). The fourth-order valence-corrected chi connectivity index (χ4v) is 2.25. The topological polar surface area (TPSA) is 59.0 Å². The van der Waals surface area contributed by atoms with Crippen molar-refractivity contribution in [3.63, 3.8) is 0 Å². The molecule has 0 aliphatic rings. The number of aromatic nitrogens is 1. The van der Waals surface area contributed by atoms with E-state index in [0.29, 0.717) is 25.7 Å². The van der Waals surface area contributed by atoms with Crippen LogP contribution in [-0.4, -0.2) is 55.9 Å². The summed E-state index contributed by atoms with van der Waals surface area (Å²) in [6.07, 6.45) is -2.92. The smallest absolute Gasteiger partial charge is 0.422 e. The first-order valence-corrected chi connectivity index (χ1v) is 8.61. The molecule has 0 saturated carbocycles. The van der Waals surface area contributed by atoms with Crippen molar-refractivity contribution in [3.8, 4) is 11.6 Å². The quantitative estimate of drug-likeness (QED) is 0.324. The zero-order valence-electron chi connectivity index (χ0n) is 16.1. The molecule has 1 heterocycles. The third kappa shape index (κ3) is 9.68. The Bertz CT molecular complexity index is 743. The number of hydrogen-bond acceptors (Lipinski definition) is 4. The van der Waals surface area contributed by atoms with Crippen molar-refractivity contribution in [1.29, 1.82) is 0 Å². The summed E-state index contributed by atoms with van der Waals surface area (Å²) in [6.45, 7) is 0.175. The van der Waals surface area contributed by atoms with Gasteiger partial charge in [-0.05, 0) is 17.7 Å². The number of nitrogens with zero attached hydrogens (tertiary/aromatic N) is 3. The molecule has 1 aromatic carbocycles. The maximum Gasteiger partial charge on any atom is 0.422 e. The summed E-state index contributed by atoms with van der Waals surface area (Å²) in [7, 11) is 3.55. The predicted molar refractivity (Wildman–Crippen MR) is 116 cm³/mol. The van der Waals surface area contributed by atoms with E-state index >= 15 is 0 Å². The van der Waals surface area contributed by atoms with Crippen LogP contribution in [0.1, 0.15) is 5.56 Å². The lowest BCUT2D eigenvalue weighted by Crippen LogP contribution is -2.40. The summed E-state index contributed by atoms with van der Waals surface area (Å²) in [5.74, 6) is 1.40. The van der Waals surface area contributed by atoms with Gasteiger partial charge in [0.1, 0.15) is 12.4 Å². The zero-order chi connectivity index (χ0) is 20.4. The van der Waals surface area contributed by atoms with Crippen LogP contribution < -0.4 is 14.8 Å². The number of rotatable bonds is 8. The Balaban J connectivity index is 0.00000420. The third-order valence-electron chi connectivity index (χ3n) is 3.64. The minimum Gasteiger partial charge on any atom is -0.492 e. The van der Waals surface area contributed by atoms with Gasteiger partial charge in [-0.1, -0.05) is 24.3 Å². The monoisotopic (exact) mass is 524 g/mol. The lowest BCUT2D eigenvalue weighted by atomic mass is 10.3. The number of benzene rings is 1. The molecule has 160 valence electrons. The first kappa shape index (κ1) is 24.8. The van der Waals surface area contributed by atoms with Crippen LogP contribution in [0.25, 0.3) is 0 Å². The normalized spacial score (nSPS) is 11.4. The molecule has 0 spiro atoms. The number of alkyl halides is 3. The molecule has 0 fully saturated rings. The van der Waals surface area contributed by atoms with Gasteiger partial charge in [0.25, 0.3) is 0 Å². The van der Waals surface area contributed by atoms with Gasteiger partial charge in [0, 0.05) is 32.9 Å². The molecule has 0 aliphatic heterocycles. The van der Waals surface area contributed by atoms with Gasteiger partial charge in [0.05, 0.1) is 6.54 Å². The van der Waals surface area contributed by atoms with E-state index in [-0.39, 0.29) is 29.9 Å². The van der Waals surface area contributed by atoms with E-state index in [0.717, 1.165) is 11.3 Å². The van der Waals surface area contributed by atoms with Gasteiger partial charge in [0.15, 0.2) is 12.6 Å². The van der Waals surface area contributed by atoms with Crippen LogP contribution in [0.5, 0.6) is 11.6 Å². The third-order valence-corrected chi connectivity index (χ3v) is 3.64. The number of halogens is 4. The molecule has 10 heteroatoms. The van der Waals surface area contributed by atoms with Crippen LogP contribution in [-0.2, 0) is 6.54 Å². The Morgan fingerprint density at radius 3 is 2.45 bits per heavy atom. The van der Waals surface area contributed by atoms with Gasteiger partial charge in [-0.2, -0.15) is 13.2 Å². The summed E-state index contributed by atoms with van der Waals surface area (Å²) in [6, 6.07) is 12.6. The molecule has 0 unspecified atom stereocenters. The number of likely N-dealkylation sites (N-methyl/N-ethyl adjacent to an activating group) is 1. The molecule has 1 aromatic heterocycles. The summed E-state index contributed by atoms with van der Waals surface area (Å²) < 4.78 is 46.7. The van der Waals surface area contributed by atoms with E-state index in [1.807, 2.05) is 42.3 Å². The van der Waals surface area contributed by atoms with Gasteiger partial charge in [0.2, 0.25) is 5.88 Å². The summed E-state index contributed by atoms with van der Waals surface area (Å²) in [5.41, 5.74) is 0.787. The maximum atomic E-state index is 12.1. The average molecular weight is 524 g/mol. The fraction of sp³-hybridized carbons (Fsp3) is 0.368. The molecule has 0 atom stereocenters. The molecule has 0 radical (unpaired) electrons. The fourth-order valence-electron chi connectivity index (χ4n) is 2.25. The van der Waals surface area contributed by atoms with E-state index in [1.165, 1.54) is 12.3 Å². The highest BCUT2D eigenvalue weighted by molar-refractivity contribution is 14.0. The van der Waals surface area contributed by atoms with Gasteiger partial charge in [-0.25, -0.2) is 4.98 Å². The molecule has 0 aliphatic carbocycles. The van der Waals surface area contributed by atoms with Crippen LogP contribution in [0.15, 0.2) is 53.7 Å². The van der Waals surface area contributed by atoms with E-state index in [2.05, 4.69) is 20.0 Å². The zero-order valence-corrected chi connectivity index (χ0v) is 18.5. The number of ether oxygens (including phenoxy) is 2. The van der Waals surface area contributed by atoms with Gasteiger partial charge in [-0.15, -0.1) is 24.0 Å². The van der Waals surface area contributed by atoms with Crippen LogP contribution in [0.4, 0.5) is 13.2 Å². The van der Waals surface area contributed by atoms with Crippen molar-refractivity contribution in [1.82, 2.24) is 15.2 Å². The second-order valence-corrected chi connectivity index (χ2v) is 5.89. The molecule has 29 heavy (non-hydrogen) atoms. The largest absolute Gasteiger partial charge is 0.492 e. The summed E-state index contributed by atoms with van der Waals surface area (Å²) in [5, 5.41) is 3.17. The van der Waals surface area contributed by atoms with Crippen molar-refractivity contribution < 1.29 is 22.6 Å².